The molecule has 186 valence electrons. The normalized spacial score (nSPS) is 11.2. The summed E-state index contributed by atoms with van der Waals surface area (Å²) in [5, 5.41) is 3.09. The SMILES string of the molecule is CCc1ccc(OCc2ccc(C(=O)Nc3cc(OC)cc(S(=O)(=O)c4ccc(Cl)cc4)c3)o2)cc1. The predicted octanol–water partition coefficient (Wildman–Crippen LogP) is 6.17. The van der Waals surface area contributed by atoms with E-state index in [0.29, 0.717) is 16.5 Å². The third kappa shape index (κ3) is 5.90. The molecule has 0 unspecified atom stereocenters. The number of ether oxygens (including phenoxy) is 2. The Bertz CT molecular complexity index is 1460. The smallest absolute Gasteiger partial charge is 0.291 e. The molecule has 3 aromatic carbocycles. The molecular weight excluding hydrogens is 502 g/mol. The number of furan rings is 1. The van der Waals surface area contributed by atoms with Gasteiger partial charge in [-0.15, -0.1) is 0 Å². The number of hydrogen-bond acceptors (Lipinski definition) is 6. The van der Waals surface area contributed by atoms with Crippen LogP contribution in [-0.4, -0.2) is 21.4 Å². The molecule has 0 aliphatic heterocycles. The van der Waals surface area contributed by atoms with Gasteiger partial charge >= 0.3 is 0 Å². The van der Waals surface area contributed by atoms with E-state index in [1.807, 2.05) is 24.3 Å². The lowest BCUT2D eigenvalue weighted by Gasteiger charge is -2.11. The summed E-state index contributed by atoms with van der Waals surface area (Å²) in [6, 6.07) is 21.0. The van der Waals surface area contributed by atoms with E-state index in [4.69, 9.17) is 25.5 Å². The summed E-state index contributed by atoms with van der Waals surface area (Å²) in [6.07, 6.45) is 0.943. The highest BCUT2D eigenvalue weighted by molar-refractivity contribution is 7.91. The first-order chi connectivity index (χ1) is 17.3. The number of halogens is 1. The number of sulfone groups is 1. The minimum atomic E-state index is -3.88. The van der Waals surface area contributed by atoms with E-state index in [2.05, 4.69) is 12.2 Å². The molecule has 0 aliphatic rings. The van der Waals surface area contributed by atoms with Crippen molar-refractivity contribution < 1.29 is 27.1 Å². The molecular formula is C27H24ClNO6S. The highest BCUT2D eigenvalue weighted by atomic mass is 35.5. The van der Waals surface area contributed by atoms with Gasteiger partial charge < -0.3 is 19.2 Å². The average molecular weight is 526 g/mol. The van der Waals surface area contributed by atoms with E-state index in [-0.39, 0.29) is 33.6 Å². The average Bonchev–Trinajstić information content (AvgIpc) is 3.37. The van der Waals surface area contributed by atoms with Crippen LogP contribution >= 0.6 is 11.6 Å². The minimum Gasteiger partial charge on any atom is -0.497 e. The number of anilines is 1. The van der Waals surface area contributed by atoms with E-state index in [0.717, 1.165) is 6.42 Å². The Morgan fingerprint density at radius 3 is 2.31 bits per heavy atom. The van der Waals surface area contributed by atoms with Gasteiger partial charge in [-0.3, -0.25) is 4.79 Å². The van der Waals surface area contributed by atoms with Crippen molar-refractivity contribution in [2.75, 3.05) is 12.4 Å². The lowest BCUT2D eigenvalue weighted by Crippen LogP contribution is -2.12. The lowest BCUT2D eigenvalue weighted by molar-refractivity contribution is 0.0992. The van der Waals surface area contributed by atoms with Crippen molar-refractivity contribution >= 4 is 33.0 Å². The van der Waals surface area contributed by atoms with Gasteiger partial charge in [-0.05, 0) is 72.6 Å². The van der Waals surface area contributed by atoms with E-state index in [1.54, 1.807) is 6.07 Å². The number of methoxy groups -OCH3 is 1. The quantitative estimate of drug-likeness (QED) is 0.281. The van der Waals surface area contributed by atoms with E-state index >= 15 is 0 Å². The fourth-order valence-electron chi connectivity index (χ4n) is 3.41. The number of benzene rings is 3. The molecule has 9 heteroatoms. The monoisotopic (exact) mass is 525 g/mol. The molecule has 0 atom stereocenters. The Balaban J connectivity index is 1.48. The van der Waals surface area contributed by atoms with Crippen LogP contribution in [0.5, 0.6) is 11.5 Å². The molecule has 0 spiro atoms. The number of carbonyl (C=O) groups excluding carboxylic acids is 1. The molecule has 1 aromatic heterocycles. The number of carbonyl (C=O) groups is 1. The number of nitrogens with one attached hydrogen (secondary N) is 1. The molecule has 1 heterocycles. The zero-order chi connectivity index (χ0) is 25.7. The Labute approximate surface area is 214 Å². The predicted molar refractivity (Wildman–Crippen MR) is 137 cm³/mol. The van der Waals surface area contributed by atoms with Gasteiger partial charge in [0.15, 0.2) is 5.76 Å². The number of amides is 1. The van der Waals surface area contributed by atoms with Crippen molar-refractivity contribution in [2.24, 2.45) is 0 Å². The Morgan fingerprint density at radius 1 is 0.917 bits per heavy atom. The second-order valence-corrected chi connectivity index (χ2v) is 10.2. The van der Waals surface area contributed by atoms with Crippen molar-refractivity contribution in [2.45, 2.75) is 29.7 Å². The molecule has 0 saturated carbocycles. The molecule has 4 rings (SSSR count). The Kier molecular flexibility index (Phi) is 7.67. The molecule has 0 fully saturated rings. The molecule has 0 radical (unpaired) electrons. The maximum absolute atomic E-state index is 13.1. The van der Waals surface area contributed by atoms with Crippen molar-refractivity contribution in [1.29, 1.82) is 0 Å². The molecule has 1 amide bonds. The fraction of sp³-hybridized carbons (Fsp3) is 0.148. The number of rotatable bonds is 9. The Hall–Kier alpha value is -3.75. The van der Waals surface area contributed by atoms with Crippen LogP contribution in [0.1, 0.15) is 28.8 Å². The van der Waals surface area contributed by atoms with Crippen LogP contribution in [0.15, 0.2) is 93.1 Å². The molecule has 0 bridgehead atoms. The first-order valence-electron chi connectivity index (χ1n) is 11.1. The maximum atomic E-state index is 13.1. The third-order valence-electron chi connectivity index (χ3n) is 5.41. The lowest BCUT2D eigenvalue weighted by atomic mass is 10.2. The van der Waals surface area contributed by atoms with Crippen LogP contribution in [0.2, 0.25) is 5.02 Å². The topological polar surface area (TPSA) is 94.8 Å². The summed E-state index contributed by atoms with van der Waals surface area (Å²) in [4.78, 5) is 12.8. The van der Waals surface area contributed by atoms with Gasteiger partial charge in [0.2, 0.25) is 9.84 Å². The van der Waals surface area contributed by atoms with Crippen molar-refractivity contribution in [3.63, 3.8) is 0 Å². The van der Waals surface area contributed by atoms with Crippen LogP contribution in [0, 0.1) is 0 Å². The zero-order valence-electron chi connectivity index (χ0n) is 19.7. The van der Waals surface area contributed by atoms with Crippen LogP contribution in [0.3, 0.4) is 0 Å². The third-order valence-corrected chi connectivity index (χ3v) is 7.41. The summed E-state index contributed by atoms with van der Waals surface area (Å²) in [5.41, 5.74) is 1.44. The molecule has 0 aliphatic carbocycles. The van der Waals surface area contributed by atoms with Gasteiger partial charge in [0.1, 0.15) is 23.9 Å². The second-order valence-electron chi connectivity index (χ2n) is 7.86. The molecule has 1 N–H and O–H groups in total. The van der Waals surface area contributed by atoms with Crippen LogP contribution in [0.4, 0.5) is 5.69 Å². The van der Waals surface area contributed by atoms with Gasteiger partial charge in [0.05, 0.1) is 16.9 Å². The fourth-order valence-corrected chi connectivity index (χ4v) is 4.86. The number of aryl methyl sites for hydroxylation is 1. The summed E-state index contributed by atoms with van der Waals surface area (Å²) in [7, 11) is -2.46. The van der Waals surface area contributed by atoms with Crippen LogP contribution < -0.4 is 14.8 Å². The summed E-state index contributed by atoms with van der Waals surface area (Å²) in [6.45, 7) is 2.23. The van der Waals surface area contributed by atoms with Crippen molar-refractivity contribution in [3.8, 4) is 11.5 Å². The van der Waals surface area contributed by atoms with Crippen LogP contribution in [0.25, 0.3) is 0 Å². The van der Waals surface area contributed by atoms with Crippen molar-refractivity contribution in [3.05, 3.63) is 101 Å². The van der Waals surface area contributed by atoms with Crippen LogP contribution in [-0.2, 0) is 22.9 Å². The highest BCUT2D eigenvalue weighted by Gasteiger charge is 2.21. The molecule has 7 nitrogen and oxygen atoms in total. The molecule has 36 heavy (non-hydrogen) atoms. The van der Waals surface area contributed by atoms with E-state index in [9.17, 15) is 13.2 Å². The first-order valence-corrected chi connectivity index (χ1v) is 13.0. The zero-order valence-corrected chi connectivity index (χ0v) is 21.2. The van der Waals surface area contributed by atoms with Gasteiger partial charge in [0, 0.05) is 16.8 Å². The largest absolute Gasteiger partial charge is 0.497 e. The standard InChI is InChI=1S/C27H24ClNO6S/c1-3-18-4-8-21(9-5-18)34-17-22-10-13-26(35-22)27(30)29-20-14-23(33-2)16-25(15-20)36(31,32)24-11-6-19(28)7-12-24/h4-16H,3,17H2,1-2H3,(H,29,30). The highest BCUT2D eigenvalue weighted by Crippen LogP contribution is 2.29. The van der Waals surface area contributed by atoms with E-state index < -0.39 is 15.7 Å². The van der Waals surface area contributed by atoms with Gasteiger partial charge in [-0.25, -0.2) is 8.42 Å². The maximum Gasteiger partial charge on any atom is 0.291 e. The Morgan fingerprint density at radius 2 is 1.64 bits per heavy atom. The minimum absolute atomic E-state index is 0.0397. The first kappa shape index (κ1) is 25.3. The second kappa shape index (κ2) is 10.9. The summed E-state index contributed by atoms with van der Waals surface area (Å²) < 4.78 is 42.8. The van der Waals surface area contributed by atoms with E-state index in [1.165, 1.54) is 61.2 Å². The van der Waals surface area contributed by atoms with Crippen molar-refractivity contribution in [1.82, 2.24) is 0 Å². The number of hydrogen-bond donors (Lipinski definition) is 1. The molecule has 4 aromatic rings. The molecule has 0 saturated heterocycles. The summed E-state index contributed by atoms with van der Waals surface area (Å²) in [5.74, 6) is 0.941. The van der Waals surface area contributed by atoms with Gasteiger partial charge in [-0.1, -0.05) is 30.7 Å². The van der Waals surface area contributed by atoms with Gasteiger partial charge in [-0.2, -0.15) is 0 Å². The summed E-state index contributed by atoms with van der Waals surface area (Å²) >= 11 is 5.88. The van der Waals surface area contributed by atoms with Gasteiger partial charge in [0.25, 0.3) is 5.91 Å².